The highest BCUT2D eigenvalue weighted by Crippen LogP contribution is 2.26. The van der Waals surface area contributed by atoms with Gasteiger partial charge in [0.05, 0.1) is 4.88 Å². The molecule has 0 aromatic carbocycles. The van der Waals surface area contributed by atoms with Crippen molar-refractivity contribution in [2.45, 2.75) is 33.1 Å². The van der Waals surface area contributed by atoms with Crippen molar-refractivity contribution >= 4 is 17.1 Å². The molecule has 94 valence electrons. The summed E-state index contributed by atoms with van der Waals surface area (Å²) in [6, 6.07) is 2.03. The smallest absolute Gasteiger partial charge is 0.173 e. The Balaban J connectivity index is 1.92. The second-order valence-electron chi connectivity index (χ2n) is 5.14. The predicted octanol–water partition coefficient (Wildman–Crippen LogP) is 3.27. The Morgan fingerprint density at radius 1 is 1.65 bits per heavy atom. The summed E-state index contributed by atoms with van der Waals surface area (Å²) in [6.45, 7) is 6.47. The zero-order valence-electron chi connectivity index (χ0n) is 10.7. The summed E-state index contributed by atoms with van der Waals surface area (Å²) in [5.41, 5.74) is 1.13. The summed E-state index contributed by atoms with van der Waals surface area (Å²) in [7, 11) is 0. The van der Waals surface area contributed by atoms with Crippen molar-refractivity contribution in [1.29, 1.82) is 0 Å². The topological polar surface area (TPSA) is 29.1 Å². The monoisotopic (exact) mass is 251 g/mol. The van der Waals surface area contributed by atoms with Crippen molar-refractivity contribution in [2.24, 2.45) is 11.8 Å². The van der Waals surface area contributed by atoms with Gasteiger partial charge >= 0.3 is 0 Å². The fourth-order valence-corrected chi connectivity index (χ4v) is 3.45. The fourth-order valence-electron chi connectivity index (χ4n) is 2.57. The molecule has 2 rings (SSSR count). The Kier molecular flexibility index (Phi) is 4.35. The van der Waals surface area contributed by atoms with E-state index in [0.717, 1.165) is 23.5 Å². The highest BCUT2D eigenvalue weighted by atomic mass is 32.1. The van der Waals surface area contributed by atoms with Gasteiger partial charge in [0.2, 0.25) is 0 Å². The van der Waals surface area contributed by atoms with Gasteiger partial charge in [0.15, 0.2) is 5.78 Å². The number of carbonyl (C=O) groups excluding carboxylic acids is 1. The van der Waals surface area contributed by atoms with E-state index in [9.17, 15) is 4.79 Å². The summed E-state index contributed by atoms with van der Waals surface area (Å²) in [4.78, 5) is 13.1. The average molecular weight is 251 g/mol. The van der Waals surface area contributed by atoms with E-state index in [-0.39, 0.29) is 0 Å². The minimum Gasteiger partial charge on any atom is -0.316 e. The number of Topliss-reactive ketones (excluding diaryl/α,β-unsaturated/α-hetero) is 1. The SMILES string of the molecule is Cc1ccsc1C(=O)CC(C)C1CCCNC1. The lowest BCUT2D eigenvalue weighted by Crippen LogP contribution is -2.33. The van der Waals surface area contributed by atoms with Crippen LogP contribution in [0.15, 0.2) is 11.4 Å². The number of ketones is 1. The Labute approximate surface area is 107 Å². The van der Waals surface area contributed by atoms with E-state index in [4.69, 9.17) is 0 Å². The highest BCUT2D eigenvalue weighted by molar-refractivity contribution is 7.12. The summed E-state index contributed by atoms with van der Waals surface area (Å²) in [5.74, 6) is 1.50. The van der Waals surface area contributed by atoms with Crippen molar-refractivity contribution in [1.82, 2.24) is 5.32 Å². The molecule has 3 heteroatoms. The standard InChI is InChI=1S/C14H21NOS/c1-10-5-7-17-14(10)13(16)8-11(2)12-4-3-6-15-9-12/h5,7,11-12,15H,3-4,6,8-9H2,1-2H3. The maximum atomic E-state index is 12.2. The third kappa shape index (κ3) is 3.17. The molecule has 0 aliphatic carbocycles. The van der Waals surface area contributed by atoms with Gasteiger partial charge in [-0.1, -0.05) is 6.92 Å². The summed E-state index contributed by atoms with van der Waals surface area (Å²) in [5, 5.41) is 5.44. The van der Waals surface area contributed by atoms with Gasteiger partial charge in [-0.3, -0.25) is 4.79 Å². The zero-order valence-corrected chi connectivity index (χ0v) is 11.5. The van der Waals surface area contributed by atoms with E-state index in [1.165, 1.54) is 12.8 Å². The predicted molar refractivity (Wildman–Crippen MR) is 72.8 cm³/mol. The van der Waals surface area contributed by atoms with Crippen molar-refractivity contribution in [3.8, 4) is 0 Å². The van der Waals surface area contributed by atoms with Gasteiger partial charge in [0, 0.05) is 6.42 Å². The number of nitrogens with one attached hydrogen (secondary N) is 1. The number of rotatable bonds is 4. The van der Waals surface area contributed by atoms with Crippen LogP contribution >= 0.6 is 11.3 Å². The first kappa shape index (κ1) is 12.8. The Morgan fingerprint density at radius 3 is 3.06 bits per heavy atom. The molecule has 0 saturated carbocycles. The zero-order chi connectivity index (χ0) is 12.3. The molecule has 0 spiro atoms. The first-order valence-corrected chi connectivity index (χ1v) is 7.34. The Hall–Kier alpha value is -0.670. The van der Waals surface area contributed by atoms with Crippen LogP contribution in [0, 0.1) is 18.8 Å². The molecule has 0 amide bonds. The normalized spacial score (nSPS) is 22.4. The molecule has 1 fully saturated rings. The van der Waals surface area contributed by atoms with E-state index in [1.54, 1.807) is 11.3 Å². The molecular formula is C14H21NOS. The average Bonchev–Trinajstić information content (AvgIpc) is 2.76. The minimum absolute atomic E-state index is 0.329. The molecule has 1 aliphatic heterocycles. The van der Waals surface area contributed by atoms with Crippen LogP contribution in [0.5, 0.6) is 0 Å². The lowest BCUT2D eigenvalue weighted by atomic mass is 9.84. The van der Waals surface area contributed by atoms with Gasteiger partial charge in [-0.05, 0) is 61.7 Å². The fraction of sp³-hybridized carbons (Fsp3) is 0.643. The highest BCUT2D eigenvalue weighted by Gasteiger charge is 2.23. The molecule has 1 aromatic heterocycles. The first-order valence-electron chi connectivity index (χ1n) is 6.46. The molecule has 1 saturated heterocycles. The Morgan fingerprint density at radius 2 is 2.47 bits per heavy atom. The number of hydrogen-bond acceptors (Lipinski definition) is 3. The lowest BCUT2D eigenvalue weighted by Gasteiger charge is -2.27. The van der Waals surface area contributed by atoms with Gasteiger partial charge in [-0.2, -0.15) is 0 Å². The molecule has 1 aliphatic rings. The van der Waals surface area contributed by atoms with E-state index in [2.05, 4.69) is 12.2 Å². The number of thiophene rings is 1. The third-order valence-corrected chi connectivity index (χ3v) is 4.82. The molecule has 2 unspecified atom stereocenters. The minimum atomic E-state index is 0.329. The van der Waals surface area contributed by atoms with Crippen LogP contribution in [0.3, 0.4) is 0 Å². The number of piperidine rings is 1. The van der Waals surface area contributed by atoms with Gasteiger partial charge < -0.3 is 5.32 Å². The molecule has 17 heavy (non-hydrogen) atoms. The van der Waals surface area contributed by atoms with Crippen LogP contribution < -0.4 is 5.32 Å². The largest absolute Gasteiger partial charge is 0.316 e. The van der Waals surface area contributed by atoms with Crippen LogP contribution in [0.1, 0.15) is 41.4 Å². The molecule has 2 heterocycles. The first-order chi connectivity index (χ1) is 8.18. The van der Waals surface area contributed by atoms with Gasteiger partial charge in [0.25, 0.3) is 0 Å². The second kappa shape index (κ2) is 5.78. The number of aryl methyl sites for hydroxylation is 1. The maximum Gasteiger partial charge on any atom is 0.173 e. The molecule has 2 nitrogen and oxygen atoms in total. The third-order valence-electron chi connectivity index (χ3n) is 3.76. The maximum absolute atomic E-state index is 12.2. The summed E-state index contributed by atoms with van der Waals surface area (Å²) >= 11 is 1.58. The van der Waals surface area contributed by atoms with Gasteiger partial charge in [-0.25, -0.2) is 0 Å². The van der Waals surface area contributed by atoms with E-state index in [0.29, 0.717) is 24.0 Å². The van der Waals surface area contributed by atoms with Crippen molar-refractivity contribution in [3.63, 3.8) is 0 Å². The summed E-state index contributed by atoms with van der Waals surface area (Å²) in [6.07, 6.45) is 3.22. The van der Waals surface area contributed by atoms with E-state index in [1.807, 2.05) is 18.4 Å². The van der Waals surface area contributed by atoms with Crippen LogP contribution in [-0.2, 0) is 0 Å². The quantitative estimate of drug-likeness (QED) is 0.832. The molecule has 1 aromatic rings. The molecular weight excluding hydrogens is 230 g/mol. The van der Waals surface area contributed by atoms with Crippen LogP contribution in [0.2, 0.25) is 0 Å². The summed E-state index contributed by atoms with van der Waals surface area (Å²) < 4.78 is 0. The Bertz CT molecular complexity index is 379. The van der Waals surface area contributed by atoms with Crippen LogP contribution in [-0.4, -0.2) is 18.9 Å². The van der Waals surface area contributed by atoms with E-state index >= 15 is 0 Å². The van der Waals surface area contributed by atoms with Gasteiger partial charge in [-0.15, -0.1) is 11.3 Å². The second-order valence-corrected chi connectivity index (χ2v) is 6.06. The van der Waals surface area contributed by atoms with Gasteiger partial charge in [0.1, 0.15) is 0 Å². The van der Waals surface area contributed by atoms with Crippen molar-refractivity contribution in [2.75, 3.05) is 13.1 Å². The van der Waals surface area contributed by atoms with Crippen LogP contribution in [0.25, 0.3) is 0 Å². The van der Waals surface area contributed by atoms with Crippen LogP contribution in [0.4, 0.5) is 0 Å². The van der Waals surface area contributed by atoms with E-state index < -0.39 is 0 Å². The molecule has 0 radical (unpaired) electrons. The molecule has 2 atom stereocenters. The number of carbonyl (C=O) groups is 1. The van der Waals surface area contributed by atoms with Crippen molar-refractivity contribution < 1.29 is 4.79 Å². The molecule has 1 N–H and O–H groups in total. The number of hydrogen-bond donors (Lipinski definition) is 1. The van der Waals surface area contributed by atoms with Crippen molar-refractivity contribution in [3.05, 3.63) is 21.9 Å². The lowest BCUT2D eigenvalue weighted by molar-refractivity contribution is 0.0946. The molecule has 0 bridgehead atoms.